The van der Waals surface area contributed by atoms with Gasteiger partial charge in [-0.3, -0.25) is 0 Å². The smallest absolute Gasteiger partial charge is 0.0766 e. The Balaban J connectivity index is 2.11. The van der Waals surface area contributed by atoms with Crippen LogP contribution in [-0.4, -0.2) is 23.8 Å². The zero-order valence-electron chi connectivity index (χ0n) is 12.1. The molecule has 2 heteroatoms. The molecule has 0 radical (unpaired) electrons. The van der Waals surface area contributed by atoms with Crippen LogP contribution in [0.4, 0.5) is 0 Å². The average Bonchev–Trinajstić information content (AvgIpc) is 2.24. The van der Waals surface area contributed by atoms with E-state index in [0.29, 0.717) is 12.5 Å². The second kappa shape index (κ2) is 6.75. The van der Waals surface area contributed by atoms with Crippen LogP contribution in [0, 0.1) is 17.8 Å². The van der Waals surface area contributed by atoms with Gasteiger partial charge in [-0.25, -0.2) is 0 Å². The molecule has 0 aliphatic heterocycles. The van der Waals surface area contributed by atoms with Gasteiger partial charge in [-0.15, -0.1) is 0 Å². The van der Waals surface area contributed by atoms with Gasteiger partial charge in [0.25, 0.3) is 0 Å². The molecular weight excluding hydrogens is 210 g/mol. The summed E-state index contributed by atoms with van der Waals surface area (Å²) < 4.78 is 0. The average molecular weight is 241 g/mol. The minimum atomic E-state index is -0.570. The molecule has 1 rings (SSSR count). The van der Waals surface area contributed by atoms with Gasteiger partial charge in [-0.05, 0) is 44.1 Å². The molecular formula is C15H31NO. The van der Waals surface area contributed by atoms with Gasteiger partial charge in [0.1, 0.15) is 0 Å². The summed E-state index contributed by atoms with van der Waals surface area (Å²) in [6.07, 6.45) is 6.93. The highest BCUT2D eigenvalue weighted by Crippen LogP contribution is 2.30. The fourth-order valence-electron chi connectivity index (χ4n) is 2.67. The Morgan fingerprint density at radius 2 is 2.06 bits per heavy atom. The van der Waals surface area contributed by atoms with Crippen LogP contribution >= 0.6 is 0 Å². The maximum Gasteiger partial charge on any atom is 0.0766 e. The number of hydrogen-bond donors (Lipinski definition) is 2. The first-order valence-electron chi connectivity index (χ1n) is 7.35. The molecule has 0 spiro atoms. The summed E-state index contributed by atoms with van der Waals surface area (Å²) in [6, 6.07) is 0. The van der Waals surface area contributed by atoms with Crippen LogP contribution < -0.4 is 5.32 Å². The first kappa shape index (κ1) is 15.0. The standard InChI is InChI=1S/C15H31NO/c1-12(2)15(4,17)11-16-9-8-14-7-5-6-13(3)10-14/h12-14,16-17H,5-11H2,1-4H3. The predicted molar refractivity (Wildman–Crippen MR) is 74.1 cm³/mol. The van der Waals surface area contributed by atoms with Crippen LogP contribution in [-0.2, 0) is 0 Å². The summed E-state index contributed by atoms with van der Waals surface area (Å²) in [7, 11) is 0. The Labute approximate surface area is 107 Å². The fourth-order valence-corrected chi connectivity index (χ4v) is 2.67. The van der Waals surface area contributed by atoms with Crippen molar-refractivity contribution in [2.75, 3.05) is 13.1 Å². The molecule has 3 unspecified atom stereocenters. The van der Waals surface area contributed by atoms with Gasteiger partial charge in [0.05, 0.1) is 5.60 Å². The molecule has 0 amide bonds. The second-order valence-corrected chi connectivity index (χ2v) is 6.62. The van der Waals surface area contributed by atoms with E-state index in [-0.39, 0.29) is 0 Å². The van der Waals surface area contributed by atoms with E-state index in [0.717, 1.165) is 18.4 Å². The molecule has 1 aliphatic rings. The lowest BCUT2D eigenvalue weighted by Gasteiger charge is -2.29. The SMILES string of the molecule is CC1CCCC(CCNCC(C)(O)C(C)C)C1. The molecule has 0 aromatic rings. The third-order valence-corrected chi connectivity index (χ3v) is 4.50. The van der Waals surface area contributed by atoms with Gasteiger partial charge in [-0.2, -0.15) is 0 Å². The molecule has 2 N–H and O–H groups in total. The van der Waals surface area contributed by atoms with Crippen LogP contribution in [0.25, 0.3) is 0 Å². The quantitative estimate of drug-likeness (QED) is 0.700. The zero-order valence-corrected chi connectivity index (χ0v) is 12.1. The van der Waals surface area contributed by atoms with E-state index < -0.39 is 5.60 Å². The first-order valence-corrected chi connectivity index (χ1v) is 7.35. The Kier molecular flexibility index (Phi) is 5.94. The van der Waals surface area contributed by atoms with Crippen LogP contribution in [0.15, 0.2) is 0 Å². The van der Waals surface area contributed by atoms with Gasteiger partial charge in [0.15, 0.2) is 0 Å². The van der Waals surface area contributed by atoms with Crippen LogP contribution in [0.5, 0.6) is 0 Å². The minimum Gasteiger partial charge on any atom is -0.389 e. The number of rotatable bonds is 6. The van der Waals surface area contributed by atoms with Crippen LogP contribution in [0.2, 0.25) is 0 Å². The van der Waals surface area contributed by atoms with E-state index in [1.165, 1.54) is 32.1 Å². The molecule has 1 aliphatic carbocycles. The van der Waals surface area contributed by atoms with Crippen molar-refractivity contribution in [3.63, 3.8) is 0 Å². The fraction of sp³-hybridized carbons (Fsp3) is 1.00. The Bertz CT molecular complexity index is 213. The first-order chi connectivity index (χ1) is 7.92. The molecule has 17 heavy (non-hydrogen) atoms. The van der Waals surface area contributed by atoms with Gasteiger partial charge in [0, 0.05) is 6.54 Å². The Hall–Kier alpha value is -0.0800. The van der Waals surface area contributed by atoms with Crippen molar-refractivity contribution in [3.8, 4) is 0 Å². The molecule has 0 heterocycles. The predicted octanol–water partition coefficient (Wildman–Crippen LogP) is 3.20. The lowest BCUT2D eigenvalue weighted by Crippen LogP contribution is -2.42. The maximum atomic E-state index is 10.1. The van der Waals surface area contributed by atoms with E-state index in [4.69, 9.17) is 0 Å². The Morgan fingerprint density at radius 3 is 2.65 bits per heavy atom. The summed E-state index contributed by atoms with van der Waals surface area (Å²) in [4.78, 5) is 0. The molecule has 2 nitrogen and oxygen atoms in total. The summed E-state index contributed by atoms with van der Waals surface area (Å²) in [6.45, 7) is 10.2. The van der Waals surface area contributed by atoms with Gasteiger partial charge >= 0.3 is 0 Å². The van der Waals surface area contributed by atoms with Crippen molar-refractivity contribution in [2.45, 2.75) is 65.4 Å². The molecule has 1 saturated carbocycles. The highest BCUT2D eigenvalue weighted by atomic mass is 16.3. The molecule has 1 fully saturated rings. The lowest BCUT2D eigenvalue weighted by atomic mass is 9.81. The molecule has 102 valence electrons. The Morgan fingerprint density at radius 1 is 1.35 bits per heavy atom. The van der Waals surface area contributed by atoms with Crippen molar-refractivity contribution in [2.24, 2.45) is 17.8 Å². The molecule has 0 aromatic carbocycles. The van der Waals surface area contributed by atoms with Crippen molar-refractivity contribution >= 4 is 0 Å². The highest BCUT2D eigenvalue weighted by molar-refractivity contribution is 4.79. The van der Waals surface area contributed by atoms with E-state index in [1.54, 1.807) is 0 Å². The summed E-state index contributed by atoms with van der Waals surface area (Å²) in [5, 5.41) is 13.5. The van der Waals surface area contributed by atoms with E-state index >= 15 is 0 Å². The number of nitrogens with one attached hydrogen (secondary N) is 1. The number of aliphatic hydroxyl groups is 1. The van der Waals surface area contributed by atoms with E-state index in [9.17, 15) is 5.11 Å². The zero-order chi connectivity index (χ0) is 12.9. The largest absolute Gasteiger partial charge is 0.389 e. The van der Waals surface area contributed by atoms with Gasteiger partial charge < -0.3 is 10.4 Å². The van der Waals surface area contributed by atoms with Crippen LogP contribution in [0.3, 0.4) is 0 Å². The summed E-state index contributed by atoms with van der Waals surface area (Å²) in [5.74, 6) is 2.15. The molecule has 3 atom stereocenters. The minimum absolute atomic E-state index is 0.310. The van der Waals surface area contributed by atoms with Gasteiger partial charge in [-0.1, -0.05) is 40.0 Å². The third-order valence-electron chi connectivity index (χ3n) is 4.50. The third kappa shape index (κ3) is 5.39. The molecule has 0 saturated heterocycles. The van der Waals surface area contributed by atoms with E-state index in [2.05, 4.69) is 26.1 Å². The van der Waals surface area contributed by atoms with Crippen molar-refractivity contribution in [1.29, 1.82) is 0 Å². The number of hydrogen-bond acceptors (Lipinski definition) is 2. The van der Waals surface area contributed by atoms with Crippen molar-refractivity contribution in [1.82, 2.24) is 5.32 Å². The molecule has 0 aromatic heterocycles. The maximum absolute atomic E-state index is 10.1. The normalized spacial score (nSPS) is 29.3. The van der Waals surface area contributed by atoms with Crippen molar-refractivity contribution in [3.05, 3.63) is 0 Å². The highest BCUT2D eigenvalue weighted by Gasteiger charge is 2.24. The second-order valence-electron chi connectivity index (χ2n) is 6.62. The molecule has 0 bridgehead atoms. The van der Waals surface area contributed by atoms with Crippen molar-refractivity contribution < 1.29 is 5.11 Å². The lowest BCUT2D eigenvalue weighted by molar-refractivity contribution is 0.0140. The topological polar surface area (TPSA) is 32.3 Å². The van der Waals surface area contributed by atoms with E-state index in [1.807, 2.05) is 6.92 Å². The summed E-state index contributed by atoms with van der Waals surface area (Å²) in [5.41, 5.74) is -0.570. The monoisotopic (exact) mass is 241 g/mol. The van der Waals surface area contributed by atoms with Crippen LogP contribution in [0.1, 0.15) is 59.8 Å². The van der Waals surface area contributed by atoms with Gasteiger partial charge in [0.2, 0.25) is 0 Å². The summed E-state index contributed by atoms with van der Waals surface area (Å²) >= 11 is 0.